The van der Waals surface area contributed by atoms with Gasteiger partial charge in [-0.25, -0.2) is 0 Å². The molecule has 1 amide bonds. The van der Waals surface area contributed by atoms with Gasteiger partial charge in [0.05, 0.1) is 11.3 Å². The fourth-order valence-electron chi connectivity index (χ4n) is 2.43. The van der Waals surface area contributed by atoms with Gasteiger partial charge in [0.15, 0.2) is 0 Å². The molecule has 0 saturated carbocycles. The number of hydrogen-bond donors (Lipinski definition) is 1. The Hall–Kier alpha value is -1.07. The van der Waals surface area contributed by atoms with Crippen LogP contribution in [-0.2, 0) is 13.5 Å². The first-order valence-electron chi connectivity index (χ1n) is 6.59. The molecule has 6 heteroatoms. The molecule has 2 rings (SSSR count). The smallest absolute Gasteiger partial charge is 0.257 e. The molecule has 108 valence electrons. The van der Waals surface area contributed by atoms with Crippen LogP contribution in [0.5, 0.6) is 0 Å². The number of piperazine rings is 1. The van der Waals surface area contributed by atoms with Crippen LogP contribution in [0.15, 0.2) is 6.20 Å². The summed E-state index contributed by atoms with van der Waals surface area (Å²) in [5.74, 6) is 0.112. The summed E-state index contributed by atoms with van der Waals surface area (Å²) in [5, 5.41) is 7.73. The first kappa shape index (κ1) is 16.0. The fourth-order valence-corrected chi connectivity index (χ4v) is 2.43. The average molecular weight is 287 g/mol. The van der Waals surface area contributed by atoms with Crippen LogP contribution in [0.3, 0.4) is 0 Å². The number of aromatic nitrogens is 2. The van der Waals surface area contributed by atoms with Crippen LogP contribution in [0.2, 0.25) is 0 Å². The quantitative estimate of drug-likeness (QED) is 0.890. The van der Waals surface area contributed by atoms with Gasteiger partial charge in [-0.15, -0.1) is 12.4 Å². The van der Waals surface area contributed by atoms with Gasteiger partial charge in [-0.2, -0.15) is 5.10 Å². The van der Waals surface area contributed by atoms with Gasteiger partial charge < -0.3 is 10.2 Å². The third-order valence-corrected chi connectivity index (χ3v) is 3.50. The average Bonchev–Trinajstić information content (AvgIpc) is 2.72. The van der Waals surface area contributed by atoms with Crippen LogP contribution in [0, 0.1) is 0 Å². The third kappa shape index (κ3) is 3.28. The summed E-state index contributed by atoms with van der Waals surface area (Å²) in [7, 11) is 1.86. The summed E-state index contributed by atoms with van der Waals surface area (Å²) in [6.45, 7) is 7.84. The highest BCUT2D eigenvalue weighted by Crippen LogP contribution is 2.15. The number of hydrogen-bond acceptors (Lipinski definition) is 3. The van der Waals surface area contributed by atoms with Crippen LogP contribution >= 0.6 is 12.4 Å². The minimum absolute atomic E-state index is 0. The second-order valence-corrected chi connectivity index (χ2v) is 5.13. The van der Waals surface area contributed by atoms with Crippen molar-refractivity contribution < 1.29 is 4.79 Å². The molecule has 1 aromatic rings. The van der Waals surface area contributed by atoms with Crippen molar-refractivity contribution in [1.29, 1.82) is 0 Å². The summed E-state index contributed by atoms with van der Waals surface area (Å²) >= 11 is 0. The zero-order valence-electron chi connectivity index (χ0n) is 12.0. The van der Waals surface area contributed by atoms with E-state index in [0.29, 0.717) is 6.04 Å². The molecule has 0 radical (unpaired) electrons. The molecule has 19 heavy (non-hydrogen) atoms. The molecule has 2 atom stereocenters. The predicted octanol–water partition coefficient (Wildman–Crippen LogP) is 1.23. The zero-order chi connectivity index (χ0) is 13.3. The molecule has 1 saturated heterocycles. The zero-order valence-corrected chi connectivity index (χ0v) is 12.8. The molecule has 1 aromatic heterocycles. The molecule has 1 aliphatic heterocycles. The fraction of sp³-hybridized carbons (Fsp3) is 0.692. The lowest BCUT2D eigenvalue weighted by Gasteiger charge is -2.37. The molecule has 0 aliphatic carbocycles. The molecule has 0 bridgehead atoms. The topological polar surface area (TPSA) is 50.2 Å². The Kier molecular flexibility index (Phi) is 5.38. The molecule has 2 heterocycles. The first-order valence-corrected chi connectivity index (χ1v) is 6.59. The van der Waals surface area contributed by atoms with Gasteiger partial charge in [0.1, 0.15) is 0 Å². The highest BCUT2D eigenvalue weighted by Gasteiger charge is 2.29. The normalized spacial score (nSPS) is 23.1. The maximum Gasteiger partial charge on any atom is 0.257 e. The molecule has 2 unspecified atom stereocenters. The Labute approximate surface area is 120 Å². The highest BCUT2D eigenvalue weighted by molar-refractivity contribution is 5.95. The lowest BCUT2D eigenvalue weighted by atomic mass is 10.1. The molecule has 1 aliphatic rings. The minimum atomic E-state index is 0. The molecule has 0 spiro atoms. The van der Waals surface area contributed by atoms with Crippen molar-refractivity contribution in [2.75, 3.05) is 13.1 Å². The summed E-state index contributed by atoms with van der Waals surface area (Å²) < 4.78 is 1.72. The van der Waals surface area contributed by atoms with Gasteiger partial charge in [-0.05, 0) is 20.3 Å². The van der Waals surface area contributed by atoms with E-state index >= 15 is 0 Å². The van der Waals surface area contributed by atoms with Crippen LogP contribution in [0.1, 0.15) is 36.8 Å². The molecular formula is C13H23ClN4O. The van der Waals surface area contributed by atoms with Crippen molar-refractivity contribution >= 4 is 18.3 Å². The van der Waals surface area contributed by atoms with Crippen LogP contribution in [0.25, 0.3) is 0 Å². The van der Waals surface area contributed by atoms with Crippen molar-refractivity contribution in [1.82, 2.24) is 20.0 Å². The van der Waals surface area contributed by atoms with E-state index in [-0.39, 0.29) is 24.4 Å². The number of halogens is 1. The number of carbonyl (C=O) groups excluding carboxylic acids is 1. The minimum Gasteiger partial charge on any atom is -0.333 e. The Balaban J connectivity index is 0.00000180. The number of rotatable bonds is 2. The third-order valence-electron chi connectivity index (χ3n) is 3.50. The van der Waals surface area contributed by atoms with Gasteiger partial charge in [0.2, 0.25) is 0 Å². The SMILES string of the molecule is CCc1nn(C)cc1C(=O)N1CC(C)NCC1C.Cl. The highest BCUT2D eigenvalue weighted by atomic mass is 35.5. The Bertz CT molecular complexity index is 446. The van der Waals surface area contributed by atoms with Crippen LogP contribution in [0.4, 0.5) is 0 Å². The number of nitrogens with zero attached hydrogens (tertiary/aromatic N) is 3. The number of carbonyl (C=O) groups is 1. The summed E-state index contributed by atoms with van der Waals surface area (Å²) in [6, 6.07) is 0.588. The van der Waals surface area contributed by atoms with Gasteiger partial charge in [0, 0.05) is 38.4 Å². The second kappa shape index (κ2) is 6.39. The largest absolute Gasteiger partial charge is 0.333 e. The van der Waals surface area contributed by atoms with Crippen molar-refractivity contribution in [3.8, 4) is 0 Å². The molecular weight excluding hydrogens is 264 g/mol. The van der Waals surface area contributed by atoms with Gasteiger partial charge in [-0.3, -0.25) is 9.48 Å². The van der Waals surface area contributed by atoms with Crippen molar-refractivity contribution in [3.05, 3.63) is 17.5 Å². The molecule has 1 N–H and O–H groups in total. The van der Waals surface area contributed by atoms with Gasteiger partial charge >= 0.3 is 0 Å². The Morgan fingerprint density at radius 2 is 2.21 bits per heavy atom. The summed E-state index contributed by atoms with van der Waals surface area (Å²) in [4.78, 5) is 14.5. The number of aryl methyl sites for hydroxylation is 2. The molecule has 5 nitrogen and oxygen atoms in total. The Morgan fingerprint density at radius 3 is 2.84 bits per heavy atom. The number of amides is 1. The summed E-state index contributed by atoms with van der Waals surface area (Å²) in [5.41, 5.74) is 1.64. The summed E-state index contributed by atoms with van der Waals surface area (Å²) in [6.07, 6.45) is 2.62. The molecule has 0 aromatic carbocycles. The Morgan fingerprint density at radius 1 is 1.53 bits per heavy atom. The van der Waals surface area contributed by atoms with E-state index < -0.39 is 0 Å². The van der Waals surface area contributed by atoms with Gasteiger partial charge in [0.25, 0.3) is 5.91 Å². The number of nitrogens with one attached hydrogen (secondary N) is 1. The maximum absolute atomic E-state index is 12.6. The van der Waals surface area contributed by atoms with Crippen molar-refractivity contribution in [2.24, 2.45) is 7.05 Å². The van der Waals surface area contributed by atoms with E-state index in [1.54, 1.807) is 4.68 Å². The van der Waals surface area contributed by atoms with E-state index in [2.05, 4.69) is 24.3 Å². The van der Waals surface area contributed by atoms with E-state index in [0.717, 1.165) is 30.8 Å². The van der Waals surface area contributed by atoms with Gasteiger partial charge in [-0.1, -0.05) is 6.92 Å². The molecule has 1 fully saturated rings. The second-order valence-electron chi connectivity index (χ2n) is 5.13. The van der Waals surface area contributed by atoms with Crippen molar-refractivity contribution in [2.45, 2.75) is 39.3 Å². The lowest BCUT2D eigenvalue weighted by Crippen LogP contribution is -2.56. The van der Waals surface area contributed by atoms with E-state index in [9.17, 15) is 4.79 Å². The van der Waals surface area contributed by atoms with Crippen LogP contribution in [-0.4, -0.2) is 45.8 Å². The van der Waals surface area contributed by atoms with E-state index in [1.807, 2.05) is 25.1 Å². The lowest BCUT2D eigenvalue weighted by molar-refractivity contribution is 0.0615. The first-order chi connectivity index (χ1) is 8.52. The maximum atomic E-state index is 12.6. The predicted molar refractivity (Wildman–Crippen MR) is 77.8 cm³/mol. The van der Waals surface area contributed by atoms with Crippen LogP contribution < -0.4 is 5.32 Å². The monoisotopic (exact) mass is 286 g/mol. The van der Waals surface area contributed by atoms with E-state index in [4.69, 9.17) is 0 Å². The standard InChI is InChI=1S/C13H22N4O.ClH/c1-5-12-11(8-16(4)15-12)13(18)17-7-9(2)14-6-10(17)3;/h8-10,14H,5-7H2,1-4H3;1H. The van der Waals surface area contributed by atoms with E-state index in [1.165, 1.54) is 0 Å². The van der Waals surface area contributed by atoms with Crippen molar-refractivity contribution in [3.63, 3.8) is 0 Å².